The van der Waals surface area contributed by atoms with Crippen molar-refractivity contribution in [2.24, 2.45) is 0 Å². The van der Waals surface area contributed by atoms with E-state index in [1.54, 1.807) is 0 Å². The van der Waals surface area contributed by atoms with Crippen LogP contribution in [0.4, 0.5) is 5.69 Å². The zero-order chi connectivity index (χ0) is 12.3. The Morgan fingerprint density at radius 1 is 1.24 bits per heavy atom. The molecule has 2 nitrogen and oxygen atoms in total. The average molecular weight is 294 g/mol. The van der Waals surface area contributed by atoms with Crippen molar-refractivity contribution in [1.82, 2.24) is 0 Å². The first-order valence-electron chi connectivity index (χ1n) is 5.76. The molecule has 90 valence electrons. The lowest BCUT2D eigenvalue weighted by atomic mass is 10.1. The molecule has 0 spiro atoms. The lowest BCUT2D eigenvalue weighted by Gasteiger charge is -2.10. The second-order valence-corrected chi connectivity index (χ2v) is 4.94. The first-order chi connectivity index (χ1) is 8.19. The maximum atomic E-state index is 5.53. The first kappa shape index (κ1) is 12.2. The number of hydrogen-bond donors (Lipinski definition) is 1. The molecule has 0 aliphatic heterocycles. The minimum atomic E-state index is 0.725. The van der Waals surface area contributed by atoms with Gasteiger partial charge in [0.25, 0.3) is 0 Å². The molecule has 0 fully saturated rings. The minimum Gasteiger partial charge on any atom is -0.465 e. The van der Waals surface area contributed by atoms with Crippen LogP contribution in [0.25, 0.3) is 0 Å². The fourth-order valence-electron chi connectivity index (χ4n) is 1.79. The number of anilines is 1. The number of aryl methyl sites for hydroxylation is 2. The number of rotatable bonds is 4. The summed E-state index contributed by atoms with van der Waals surface area (Å²) >= 11 is 3.49. The lowest BCUT2D eigenvalue weighted by molar-refractivity contribution is 0.490. The molecule has 1 N–H and O–H groups in total. The van der Waals surface area contributed by atoms with Crippen LogP contribution in [0.3, 0.4) is 0 Å². The van der Waals surface area contributed by atoms with E-state index in [4.69, 9.17) is 4.42 Å². The highest BCUT2D eigenvalue weighted by Crippen LogP contribution is 2.22. The van der Waals surface area contributed by atoms with E-state index in [2.05, 4.69) is 46.4 Å². The van der Waals surface area contributed by atoms with Crippen molar-refractivity contribution in [2.45, 2.75) is 26.8 Å². The van der Waals surface area contributed by atoms with E-state index >= 15 is 0 Å². The maximum absolute atomic E-state index is 5.53. The van der Waals surface area contributed by atoms with Crippen LogP contribution in [0.2, 0.25) is 0 Å². The molecule has 0 bridgehead atoms. The van der Waals surface area contributed by atoms with Crippen LogP contribution < -0.4 is 5.32 Å². The topological polar surface area (TPSA) is 25.2 Å². The zero-order valence-electron chi connectivity index (χ0n) is 10.1. The predicted molar refractivity (Wildman–Crippen MR) is 74.3 cm³/mol. The van der Waals surface area contributed by atoms with Crippen LogP contribution in [0.1, 0.15) is 24.0 Å². The van der Waals surface area contributed by atoms with Gasteiger partial charge in [-0.15, -0.1) is 0 Å². The summed E-state index contributed by atoms with van der Waals surface area (Å²) in [6.45, 7) is 4.84. The van der Waals surface area contributed by atoms with E-state index < -0.39 is 0 Å². The predicted octanol–water partition coefficient (Wildman–Crippen LogP) is 4.53. The van der Waals surface area contributed by atoms with Gasteiger partial charge < -0.3 is 9.73 Å². The molecule has 2 rings (SSSR count). The van der Waals surface area contributed by atoms with Crippen molar-refractivity contribution < 1.29 is 4.42 Å². The number of hydrogen-bond acceptors (Lipinski definition) is 2. The molecule has 0 radical (unpaired) electrons. The van der Waals surface area contributed by atoms with Crippen molar-refractivity contribution in [3.8, 4) is 0 Å². The Hall–Kier alpha value is -1.22. The molecule has 3 heteroatoms. The van der Waals surface area contributed by atoms with Crippen molar-refractivity contribution in [3.63, 3.8) is 0 Å². The molecule has 0 unspecified atom stereocenters. The van der Waals surface area contributed by atoms with Crippen LogP contribution in [-0.2, 0) is 13.0 Å². The van der Waals surface area contributed by atoms with Gasteiger partial charge in [0.15, 0.2) is 0 Å². The summed E-state index contributed by atoms with van der Waals surface area (Å²) in [5, 5.41) is 3.41. The molecule has 0 saturated heterocycles. The van der Waals surface area contributed by atoms with Crippen LogP contribution in [-0.4, -0.2) is 0 Å². The molecule has 0 aliphatic carbocycles. The van der Waals surface area contributed by atoms with E-state index in [0.29, 0.717) is 0 Å². The normalized spacial score (nSPS) is 10.5. The Morgan fingerprint density at radius 3 is 2.71 bits per heavy atom. The minimum absolute atomic E-state index is 0.725. The van der Waals surface area contributed by atoms with Gasteiger partial charge in [-0.05, 0) is 49.2 Å². The van der Waals surface area contributed by atoms with E-state index in [9.17, 15) is 0 Å². The third-order valence-electron chi connectivity index (χ3n) is 2.70. The van der Waals surface area contributed by atoms with Gasteiger partial charge in [-0.1, -0.05) is 22.9 Å². The third kappa shape index (κ3) is 3.13. The highest BCUT2D eigenvalue weighted by molar-refractivity contribution is 9.10. The molecule has 2 aromatic rings. The van der Waals surface area contributed by atoms with Crippen molar-refractivity contribution in [1.29, 1.82) is 0 Å². The summed E-state index contributed by atoms with van der Waals surface area (Å²) in [6.07, 6.45) is 1.01. The van der Waals surface area contributed by atoms with Crippen LogP contribution in [0.5, 0.6) is 0 Å². The summed E-state index contributed by atoms with van der Waals surface area (Å²) in [7, 11) is 0. The first-order valence-corrected chi connectivity index (χ1v) is 6.56. The molecular formula is C14H16BrNO. The molecule has 1 aromatic heterocycles. The number of benzene rings is 1. The van der Waals surface area contributed by atoms with E-state index in [-0.39, 0.29) is 0 Å². The number of halogens is 1. The second kappa shape index (κ2) is 5.41. The van der Waals surface area contributed by atoms with Crippen molar-refractivity contribution >= 4 is 21.6 Å². The standard InChI is InChI=1S/C14H16BrNO/c1-3-11-8-12(15)5-7-14(11)16-9-13-6-4-10(2)17-13/h4-8,16H,3,9H2,1-2H3. The van der Waals surface area contributed by atoms with Gasteiger partial charge in [-0.25, -0.2) is 0 Å². The lowest BCUT2D eigenvalue weighted by Crippen LogP contribution is -2.01. The molecular weight excluding hydrogens is 278 g/mol. The highest BCUT2D eigenvalue weighted by atomic mass is 79.9. The van der Waals surface area contributed by atoms with Gasteiger partial charge in [0.1, 0.15) is 11.5 Å². The quantitative estimate of drug-likeness (QED) is 0.896. The van der Waals surface area contributed by atoms with Crippen molar-refractivity contribution in [2.75, 3.05) is 5.32 Å². The Labute approximate surface area is 110 Å². The van der Waals surface area contributed by atoms with Gasteiger partial charge in [0.05, 0.1) is 6.54 Å². The number of furan rings is 1. The summed E-state index contributed by atoms with van der Waals surface area (Å²) in [6, 6.07) is 10.3. The molecule has 0 aliphatic rings. The average Bonchev–Trinajstić information content (AvgIpc) is 2.73. The summed E-state index contributed by atoms with van der Waals surface area (Å²) < 4.78 is 6.65. The van der Waals surface area contributed by atoms with E-state index in [1.807, 2.05) is 19.1 Å². The molecule has 1 heterocycles. The summed E-state index contributed by atoms with van der Waals surface area (Å²) in [5.41, 5.74) is 2.48. The molecule has 0 atom stereocenters. The Morgan fingerprint density at radius 2 is 2.06 bits per heavy atom. The van der Waals surface area contributed by atoms with Crippen LogP contribution in [0, 0.1) is 6.92 Å². The molecule has 0 saturated carbocycles. The van der Waals surface area contributed by atoms with Gasteiger partial charge in [0, 0.05) is 10.2 Å². The monoisotopic (exact) mass is 293 g/mol. The Kier molecular flexibility index (Phi) is 3.89. The van der Waals surface area contributed by atoms with Gasteiger partial charge in [-0.3, -0.25) is 0 Å². The fourth-order valence-corrected chi connectivity index (χ4v) is 2.20. The molecule has 1 aromatic carbocycles. The highest BCUT2D eigenvalue weighted by Gasteiger charge is 2.03. The Bertz CT molecular complexity index is 505. The molecule has 17 heavy (non-hydrogen) atoms. The van der Waals surface area contributed by atoms with Crippen LogP contribution >= 0.6 is 15.9 Å². The smallest absolute Gasteiger partial charge is 0.123 e. The Balaban J connectivity index is 2.08. The molecule has 0 amide bonds. The van der Waals surface area contributed by atoms with Gasteiger partial charge >= 0.3 is 0 Å². The third-order valence-corrected chi connectivity index (χ3v) is 3.19. The SMILES string of the molecule is CCc1cc(Br)ccc1NCc1ccc(C)o1. The summed E-state index contributed by atoms with van der Waals surface area (Å²) in [5.74, 6) is 1.92. The second-order valence-electron chi connectivity index (χ2n) is 4.02. The van der Waals surface area contributed by atoms with Crippen LogP contribution in [0.15, 0.2) is 39.2 Å². The number of nitrogens with one attached hydrogen (secondary N) is 1. The fraction of sp³-hybridized carbons (Fsp3) is 0.286. The summed E-state index contributed by atoms with van der Waals surface area (Å²) in [4.78, 5) is 0. The largest absolute Gasteiger partial charge is 0.465 e. The van der Waals surface area contributed by atoms with Gasteiger partial charge in [-0.2, -0.15) is 0 Å². The van der Waals surface area contributed by atoms with E-state index in [0.717, 1.165) is 29.0 Å². The van der Waals surface area contributed by atoms with E-state index in [1.165, 1.54) is 11.3 Å². The maximum Gasteiger partial charge on any atom is 0.123 e. The van der Waals surface area contributed by atoms with Crippen molar-refractivity contribution in [3.05, 3.63) is 51.9 Å². The van der Waals surface area contributed by atoms with Gasteiger partial charge in [0.2, 0.25) is 0 Å². The zero-order valence-corrected chi connectivity index (χ0v) is 11.7.